The first-order valence-electron chi connectivity index (χ1n) is 19.4. The van der Waals surface area contributed by atoms with E-state index in [4.69, 9.17) is 9.47 Å². The molecule has 6 nitrogen and oxygen atoms in total. The van der Waals surface area contributed by atoms with Gasteiger partial charge in [0.25, 0.3) is 6.47 Å². The van der Waals surface area contributed by atoms with E-state index in [9.17, 15) is 19.8 Å². The molecule has 0 spiro atoms. The minimum atomic E-state index is -0.299. The van der Waals surface area contributed by atoms with E-state index in [1.54, 1.807) is 60.7 Å². The average Bonchev–Trinajstić information content (AvgIpc) is 3.16. The first-order valence-corrected chi connectivity index (χ1v) is 19.4. The quantitative estimate of drug-likeness (QED) is 0.0490. The summed E-state index contributed by atoms with van der Waals surface area (Å²) in [6, 6.07) is 29.3. The normalized spacial score (nSPS) is 11.9. The van der Waals surface area contributed by atoms with E-state index < -0.39 is 0 Å². The molecule has 57 heavy (non-hydrogen) atoms. The van der Waals surface area contributed by atoms with Gasteiger partial charge in [0, 0.05) is 17.3 Å². The molecule has 0 aliphatic heterocycles. The number of aromatic hydroxyl groups is 2. The number of hydrogen-bond acceptors (Lipinski definition) is 6. The molecule has 0 radical (unpaired) electrons. The minimum absolute atomic E-state index is 0.183. The van der Waals surface area contributed by atoms with Gasteiger partial charge in [0.2, 0.25) is 0 Å². The number of phenols is 2. The Hall–Kier alpha value is -5.80. The SMILES string of the molecule is C=C/C=C(C)\C=C/CC(=O)Oc1ccc(C(C)c2ccc(O)cc2)cc1.CC#CC(C)C(C)C.CC(C)(c1ccc(O)cc1)c1ccc(OC=O)cc1.CC(C)C. The molecule has 0 saturated heterocycles. The molecule has 0 aromatic heterocycles. The fourth-order valence-corrected chi connectivity index (χ4v) is 4.98. The lowest BCUT2D eigenvalue weighted by Gasteiger charge is -2.26. The van der Waals surface area contributed by atoms with Gasteiger partial charge >= 0.3 is 5.97 Å². The van der Waals surface area contributed by atoms with Gasteiger partial charge in [-0.15, -0.1) is 11.8 Å². The minimum Gasteiger partial charge on any atom is -0.508 e. The first kappa shape index (κ1) is 49.2. The average molecular weight is 773 g/mol. The lowest BCUT2D eigenvalue weighted by Crippen LogP contribution is -2.18. The largest absolute Gasteiger partial charge is 0.508 e. The zero-order chi connectivity index (χ0) is 43.0. The highest BCUT2D eigenvalue weighted by atomic mass is 16.5. The van der Waals surface area contributed by atoms with Crippen LogP contribution in [0.2, 0.25) is 0 Å². The van der Waals surface area contributed by atoms with Gasteiger partial charge < -0.3 is 19.7 Å². The van der Waals surface area contributed by atoms with Crippen molar-refractivity contribution in [1.29, 1.82) is 0 Å². The second-order valence-electron chi connectivity index (χ2n) is 15.2. The molecule has 2 unspecified atom stereocenters. The van der Waals surface area contributed by atoms with Crippen LogP contribution in [-0.4, -0.2) is 22.7 Å². The van der Waals surface area contributed by atoms with Crippen LogP contribution in [0.15, 0.2) is 134 Å². The number of allylic oxidation sites excluding steroid dienone is 4. The molecule has 6 heteroatoms. The summed E-state index contributed by atoms with van der Waals surface area (Å²) in [4.78, 5) is 22.2. The fraction of sp³-hybridized carbons (Fsp3) is 0.333. The van der Waals surface area contributed by atoms with Crippen molar-refractivity contribution in [2.24, 2.45) is 17.8 Å². The Morgan fingerprint density at radius 2 is 1.19 bits per heavy atom. The van der Waals surface area contributed by atoms with Gasteiger partial charge in [-0.25, -0.2) is 0 Å². The maximum atomic E-state index is 11.9. The number of benzene rings is 4. The number of phenolic OH excluding ortho intramolecular Hbond substituents is 2. The predicted molar refractivity (Wildman–Crippen MR) is 237 cm³/mol. The van der Waals surface area contributed by atoms with E-state index in [0.717, 1.165) is 33.7 Å². The lowest BCUT2D eigenvalue weighted by atomic mass is 9.78. The molecule has 0 bridgehead atoms. The van der Waals surface area contributed by atoms with E-state index in [0.29, 0.717) is 29.8 Å². The molecular formula is C51H64O6. The Balaban J connectivity index is 0.000000455. The molecule has 4 aromatic rings. The molecule has 0 fully saturated rings. The number of carbonyl (C=O) groups excluding carboxylic acids is 2. The van der Waals surface area contributed by atoms with Gasteiger partial charge in [0.1, 0.15) is 23.0 Å². The third kappa shape index (κ3) is 19.6. The highest BCUT2D eigenvalue weighted by Crippen LogP contribution is 2.33. The van der Waals surface area contributed by atoms with Crippen molar-refractivity contribution in [1.82, 2.24) is 0 Å². The number of carbonyl (C=O) groups is 2. The summed E-state index contributed by atoms with van der Waals surface area (Å²) in [6.07, 6.45) is 7.44. The second-order valence-corrected chi connectivity index (χ2v) is 15.2. The van der Waals surface area contributed by atoms with Crippen molar-refractivity contribution in [3.8, 4) is 34.8 Å². The smallest absolute Gasteiger partial charge is 0.315 e. The van der Waals surface area contributed by atoms with Crippen molar-refractivity contribution in [2.45, 2.75) is 93.9 Å². The standard InChI is InChI=1S/C23H24O3.C16H16O3.C8H14.C4H10/c1-4-6-17(2)7-5-8-23(25)26-22-15-11-20(12-16-22)18(3)19-9-13-21(24)14-10-19;1-16(2,12-3-7-14(18)8-4-12)13-5-9-15(10-6-13)19-11-17;1-5-6-8(4)7(2)3;1-4(2)3/h4-7,9-16,18,24H,1,8H2,2-3H3;3-11,18H,1-2H3;7-8H,1-4H3;4H,1-3H3/b7-5-,17-6-;;;. The highest BCUT2D eigenvalue weighted by Gasteiger charge is 2.23. The van der Waals surface area contributed by atoms with Crippen molar-refractivity contribution in [3.05, 3.63) is 156 Å². The van der Waals surface area contributed by atoms with Gasteiger partial charge in [0.05, 0.1) is 6.42 Å². The van der Waals surface area contributed by atoms with Crippen LogP contribution in [0.25, 0.3) is 0 Å². The van der Waals surface area contributed by atoms with Crippen molar-refractivity contribution in [3.63, 3.8) is 0 Å². The summed E-state index contributed by atoms with van der Waals surface area (Å²) in [5, 5.41) is 18.7. The fourth-order valence-electron chi connectivity index (χ4n) is 4.98. The van der Waals surface area contributed by atoms with Gasteiger partial charge in [0.15, 0.2) is 0 Å². The van der Waals surface area contributed by atoms with Crippen LogP contribution in [-0.2, 0) is 15.0 Å². The molecular weight excluding hydrogens is 709 g/mol. The Morgan fingerprint density at radius 1 is 0.754 bits per heavy atom. The molecule has 0 heterocycles. The van der Waals surface area contributed by atoms with E-state index >= 15 is 0 Å². The van der Waals surface area contributed by atoms with Gasteiger partial charge in [-0.1, -0.05) is 147 Å². The van der Waals surface area contributed by atoms with Crippen molar-refractivity contribution < 1.29 is 29.3 Å². The van der Waals surface area contributed by atoms with Crippen LogP contribution >= 0.6 is 0 Å². The summed E-state index contributed by atoms with van der Waals surface area (Å²) in [5.74, 6) is 9.54. The maximum absolute atomic E-state index is 11.9. The molecule has 0 aliphatic rings. The van der Waals surface area contributed by atoms with Crippen LogP contribution in [0, 0.1) is 29.6 Å². The molecule has 0 aliphatic carbocycles. The zero-order valence-corrected chi connectivity index (χ0v) is 35.9. The lowest BCUT2D eigenvalue weighted by molar-refractivity contribution is -0.133. The van der Waals surface area contributed by atoms with Crippen molar-refractivity contribution >= 4 is 12.4 Å². The van der Waals surface area contributed by atoms with Gasteiger partial charge in [-0.2, -0.15) is 0 Å². The number of esters is 1. The Kier molecular flexibility index (Phi) is 22.6. The van der Waals surface area contributed by atoms with E-state index in [-0.39, 0.29) is 35.2 Å². The molecule has 4 aromatic carbocycles. The van der Waals surface area contributed by atoms with Crippen LogP contribution in [0.4, 0.5) is 0 Å². The van der Waals surface area contributed by atoms with Crippen LogP contribution in [0.3, 0.4) is 0 Å². The predicted octanol–water partition coefficient (Wildman–Crippen LogP) is 12.7. The topological polar surface area (TPSA) is 93.1 Å². The molecule has 304 valence electrons. The molecule has 0 amide bonds. The second kappa shape index (κ2) is 26.1. The first-order chi connectivity index (χ1) is 26.9. The molecule has 0 saturated carbocycles. The number of ether oxygens (including phenoxy) is 2. The summed E-state index contributed by atoms with van der Waals surface area (Å²) < 4.78 is 10.1. The Morgan fingerprint density at radius 3 is 1.61 bits per heavy atom. The van der Waals surface area contributed by atoms with Crippen LogP contribution < -0.4 is 9.47 Å². The van der Waals surface area contributed by atoms with E-state index in [1.165, 1.54) is 0 Å². The molecule has 4 rings (SSSR count). The summed E-state index contributed by atoms with van der Waals surface area (Å²) in [7, 11) is 0. The number of rotatable bonds is 12. The van der Waals surface area contributed by atoms with Crippen LogP contribution in [0.1, 0.15) is 111 Å². The summed E-state index contributed by atoms with van der Waals surface area (Å²) in [6.45, 7) is 27.2. The molecule has 2 N–H and O–H groups in total. The monoisotopic (exact) mass is 772 g/mol. The van der Waals surface area contributed by atoms with Gasteiger partial charge in [-0.3, -0.25) is 9.59 Å². The third-order valence-corrected chi connectivity index (χ3v) is 8.77. The van der Waals surface area contributed by atoms with E-state index in [2.05, 4.69) is 80.7 Å². The zero-order valence-electron chi connectivity index (χ0n) is 35.9. The Bertz CT molecular complexity index is 1880. The van der Waals surface area contributed by atoms with Crippen LogP contribution in [0.5, 0.6) is 23.0 Å². The van der Waals surface area contributed by atoms with E-state index in [1.807, 2.05) is 74.5 Å². The molecule has 2 atom stereocenters. The summed E-state index contributed by atoms with van der Waals surface area (Å²) >= 11 is 0. The number of hydrogen-bond donors (Lipinski definition) is 2. The summed E-state index contributed by atoms with van der Waals surface area (Å²) in [5.41, 5.74) is 5.28. The third-order valence-electron chi connectivity index (χ3n) is 8.77. The van der Waals surface area contributed by atoms with Gasteiger partial charge in [-0.05, 0) is 96.5 Å². The highest BCUT2D eigenvalue weighted by molar-refractivity contribution is 5.74. The maximum Gasteiger partial charge on any atom is 0.315 e. The Labute approximate surface area is 343 Å². The van der Waals surface area contributed by atoms with Crippen molar-refractivity contribution in [2.75, 3.05) is 0 Å².